The Bertz CT molecular complexity index is 314. The normalized spacial score (nSPS) is 49.7. The van der Waals surface area contributed by atoms with E-state index in [4.69, 9.17) is 5.53 Å². The van der Waals surface area contributed by atoms with Crippen LogP contribution >= 0.6 is 0 Å². The summed E-state index contributed by atoms with van der Waals surface area (Å²) in [6.45, 7) is 0. The van der Waals surface area contributed by atoms with Gasteiger partial charge in [0.2, 0.25) is 5.91 Å². The summed E-state index contributed by atoms with van der Waals surface area (Å²) in [6.07, 6.45) is 4.30. The third-order valence-electron chi connectivity index (χ3n) is 4.34. The number of rotatable bonds is 1. The van der Waals surface area contributed by atoms with Crippen molar-refractivity contribution in [1.29, 1.82) is 0 Å². The second kappa shape index (κ2) is 2.07. The maximum absolute atomic E-state index is 11.6. The van der Waals surface area contributed by atoms with Gasteiger partial charge in [-0.25, -0.2) is 0 Å². The Labute approximate surface area is 75.9 Å². The van der Waals surface area contributed by atoms with E-state index in [1.165, 1.54) is 6.42 Å². The van der Waals surface area contributed by atoms with E-state index in [0.717, 1.165) is 37.0 Å². The molecule has 3 saturated carbocycles. The summed E-state index contributed by atoms with van der Waals surface area (Å²) < 4.78 is 0. The molecule has 0 aliphatic heterocycles. The maximum atomic E-state index is 11.6. The number of hydrogen-bond acceptors (Lipinski definition) is 1. The van der Waals surface area contributed by atoms with Crippen molar-refractivity contribution in [2.45, 2.75) is 25.7 Å². The third kappa shape index (κ3) is 0.724. The number of azide groups is 1. The maximum Gasteiger partial charge on any atom is 0.225 e. The zero-order valence-electron chi connectivity index (χ0n) is 7.31. The molecule has 2 unspecified atom stereocenters. The van der Waals surface area contributed by atoms with E-state index in [9.17, 15) is 4.79 Å². The zero-order valence-corrected chi connectivity index (χ0v) is 7.31. The highest BCUT2D eigenvalue weighted by atomic mass is 16.2. The molecule has 3 aliphatic carbocycles. The van der Waals surface area contributed by atoms with Gasteiger partial charge in [0.15, 0.2) is 0 Å². The van der Waals surface area contributed by atoms with Gasteiger partial charge in [0.1, 0.15) is 0 Å². The molecule has 4 heteroatoms. The monoisotopic (exact) mass is 177 g/mol. The van der Waals surface area contributed by atoms with Crippen molar-refractivity contribution >= 4 is 5.91 Å². The zero-order chi connectivity index (χ0) is 9.05. The standard InChI is InChI=1S/C9H11N3O/c10-12-11-8(13)9-2-5-1-6(3-9)7(5)4-9/h5-7H,1-4H2. The van der Waals surface area contributed by atoms with Gasteiger partial charge in [0, 0.05) is 10.3 Å². The average Bonchev–Trinajstić information content (AvgIpc) is 2.57. The van der Waals surface area contributed by atoms with E-state index in [-0.39, 0.29) is 11.3 Å². The quantitative estimate of drug-likeness (QED) is 0.344. The van der Waals surface area contributed by atoms with E-state index < -0.39 is 0 Å². The minimum absolute atomic E-state index is 0.190. The van der Waals surface area contributed by atoms with Gasteiger partial charge in [0.05, 0.1) is 0 Å². The van der Waals surface area contributed by atoms with Crippen molar-refractivity contribution in [2.75, 3.05) is 0 Å². The molecule has 0 spiro atoms. The van der Waals surface area contributed by atoms with Gasteiger partial charge < -0.3 is 0 Å². The molecule has 3 aliphatic rings. The Kier molecular flexibility index (Phi) is 1.18. The molecule has 0 saturated heterocycles. The molecule has 4 nitrogen and oxygen atoms in total. The van der Waals surface area contributed by atoms with Crippen LogP contribution in [0.15, 0.2) is 5.11 Å². The van der Waals surface area contributed by atoms with Crippen LogP contribution in [0, 0.1) is 23.2 Å². The number of carbonyl (C=O) groups is 1. The molecule has 0 aromatic rings. The fourth-order valence-corrected chi connectivity index (χ4v) is 3.84. The number of amides is 1. The highest BCUT2D eigenvalue weighted by Crippen LogP contribution is 2.69. The van der Waals surface area contributed by atoms with Gasteiger partial charge in [0.25, 0.3) is 0 Å². The van der Waals surface area contributed by atoms with Gasteiger partial charge in [-0.05, 0) is 54.1 Å². The molecule has 0 radical (unpaired) electrons. The highest BCUT2D eigenvalue weighted by Gasteiger charge is 2.64. The van der Waals surface area contributed by atoms with Gasteiger partial charge in [-0.2, -0.15) is 0 Å². The predicted octanol–water partition coefficient (Wildman–Crippen LogP) is 2.26. The van der Waals surface area contributed by atoms with E-state index in [2.05, 4.69) is 10.0 Å². The van der Waals surface area contributed by atoms with Crippen molar-refractivity contribution in [3.63, 3.8) is 0 Å². The molecule has 3 fully saturated rings. The Morgan fingerprint density at radius 3 is 2.54 bits per heavy atom. The average molecular weight is 177 g/mol. The van der Waals surface area contributed by atoms with E-state index in [1.54, 1.807) is 0 Å². The van der Waals surface area contributed by atoms with Gasteiger partial charge in [-0.15, -0.1) is 0 Å². The smallest absolute Gasteiger partial charge is 0.225 e. The molecular weight excluding hydrogens is 166 g/mol. The van der Waals surface area contributed by atoms with Crippen LogP contribution in [-0.4, -0.2) is 5.91 Å². The van der Waals surface area contributed by atoms with Gasteiger partial charge in [-0.3, -0.25) is 4.79 Å². The summed E-state index contributed by atoms with van der Waals surface area (Å²) in [5.41, 5.74) is 8.02. The van der Waals surface area contributed by atoms with Crippen molar-refractivity contribution in [3.8, 4) is 0 Å². The second-order valence-corrected chi connectivity index (χ2v) is 4.81. The first-order chi connectivity index (χ1) is 6.25. The van der Waals surface area contributed by atoms with Crippen LogP contribution in [0.1, 0.15) is 25.7 Å². The Hall–Kier alpha value is -1.02. The molecule has 2 bridgehead atoms. The van der Waals surface area contributed by atoms with Crippen LogP contribution in [0.4, 0.5) is 0 Å². The number of fused-ring (bicyclic) bond motifs is 1. The second-order valence-electron chi connectivity index (χ2n) is 4.81. The van der Waals surface area contributed by atoms with Crippen molar-refractivity contribution in [3.05, 3.63) is 10.4 Å². The molecule has 68 valence electrons. The minimum atomic E-state index is -0.218. The topological polar surface area (TPSA) is 65.8 Å². The summed E-state index contributed by atoms with van der Waals surface area (Å²) in [6, 6.07) is 0. The van der Waals surface area contributed by atoms with Crippen LogP contribution in [0.3, 0.4) is 0 Å². The summed E-state index contributed by atoms with van der Waals surface area (Å²) in [4.78, 5) is 14.2. The minimum Gasteiger partial charge on any atom is -0.292 e. The fourth-order valence-electron chi connectivity index (χ4n) is 3.84. The van der Waals surface area contributed by atoms with Crippen molar-refractivity contribution in [2.24, 2.45) is 28.3 Å². The molecule has 3 rings (SSSR count). The molecule has 2 atom stereocenters. The highest BCUT2D eigenvalue weighted by molar-refractivity contribution is 5.84. The fraction of sp³-hybridized carbons (Fsp3) is 0.889. The number of nitrogens with zero attached hydrogens (tertiary/aromatic N) is 3. The van der Waals surface area contributed by atoms with Crippen molar-refractivity contribution < 1.29 is 4.79 Å². The number of carbonyl (C=O) groups excluding carboxylic acids is 1. The first kappa shape index (κ1) is 7.39. The first-order valence-electron chi connectivity index (χ1n) is 4.85. The molecule has 1 amide bonds. The van der Waals surface area contributed by atoms with Crippen molar-refractivity contribution in [1.82, 2.24) is 0 Å². The lowest BCUT2D eigenvalue weighted by Crippen LogP contribution is -2.38. The lowest BCUT2D eigenvalue weighted by Gasteiger charge is -2.43. The molecular formula is C9H11N3O. The summed E-state index contributed by atoms with van der Waals surface area (Å²) in [5, 5.41) is 3.27. The largest absolute Gasteiger partial charge is 0.292 e. The first-order valence-corrected chi connectivity index (χ1v) is 4.85. The Balaban J connectivity index is 1.92. The Morgan fingerprint density at radius 2 is 2.08 bits per heavy atom. The molecule has 0 N–H and O–H groups in total. The summed E-state index contributed by atoms with van der Waals surface area (Å²) in [7, 11) is 0. The van der Waals surface area contributed by atoms with Crippen LogP contribution in [-0.2, 0) is 4.79 Å². The van der Waals surface area contributed by atoms with E-state index in [0.29, 0.717) is 0 Å². The predicted molar refractivity (Wildman–Crippen MR) is 45.5 cm³/mol. The van der Waals surface area contributed by atoms with E-state index >= 15 is 0 Å². The Morgan fingerprint density at radius 1 is 1.38 bits per heavy atom. The lowest BCUT2D eigenvalue weighted by molar-refractivity contribution is -0.129. The molecule has 13 heavy (non-hydrogen) atoms. The molecule has 0 heterocycles. The number of hydrogen-bond donors (Lipinski definition) is 0. The van der Waals surface area contributed by atoms with E-state index in [1.807, 2.05) is 0 Å². The summed E-state index contributed by atoms with van der Waals surface area (Å²) in [5.74, 6) is 2.15. The SMILES string of the molecule is [N-]=[N+]=NC(=O)C12CC3CC(C1)C3C2. The summed E-state index contributed by atoms with van der Waals surface area (Å²) >= 11 is 0. The molecule has 0 aromatic carbocycles. The third-order valence-corrected chi connectivity index (χ3v) is 4.34. The van der Waals surface area contributed by atoms with Gasteiger partial charge >= 0.3 is 0 Å². The van der Waals surface area contributed by atoms with Crippen LogP contribution in [0.5, 0.6) is 0 Å². The van der Waals surface area contributed by atoms with Gasteiger partial charge in [-0.1, -0.05) is 0 Å². The lowest BCUT2D eigenvalue weighted by atomic mass is 9.61. The van der Waals surface area contributed by atoms with Crippen LogP contribution < -0.4 is 0 Å². The molecule has 0 aromatic heterocycles. The van der Waals surface area contributed by atoms with Crippen LogP contribution in [0.25, 0.3) is 10.4 Å². The van der Waals surface area contributed by atoms with Crippen LogP contribution in [0.2, 0.25) is 0 Å².